The number of aryl methyl sites for hydroxylation is 1. The Labute approximate surface area is 124 Å². The second kappa shape index (κ2) is 5.37. The van der Waals surface area contributed by atoms with Crippen LogP contribution in [-0.4, -0.2) is 22.9 Å². The Morgan fingerprint density at radius 1 is 1.15 bits per heavy atom. The number of nitrogens with two attached hydrogens (primary N) is 1. The van der Waals surface area contributed by atoms with Crippen molar-refractivity contribution in [3.05, 3.63) is 29.4 Å². The number of halogens is 1. The predicted octanol–water partition coefficient (Wildman–Crippen LogP) is 3.31. The van der Waals surface area contributed by atoms with Crippen molar-refractivity contribution in [2.24, 2.45) is 7.05 Å². The van der Waals surface area contributed by atoms with Gasteiger partial charge in [-0.15, -0.1) is 0 Å². The first-order valence-electron chi connectivity index (χ1n) is 6.99. The van der Waals surface area contributed by atoms with E-state index in [2.05, 4.69) is 16.1 Å². The zero-order valence-electron chi connectivity index (χ0n) is 11.6. The van der Waals surface area contributed by atoms with Crippen molar-refractivity contribution >= 4 is 23.1 Å². The number of aromatic nitrogens is 2. The molecule has 0 saturated carbocycles. The average molecular weight is 291 g/mol. The van der Waals surface area contributed by atoms with Crippen LogP contribution in [0.15, 0.2) is 24.4 Å². The molecule has 0 atom stereocenters. The molecule has 1 aliphatic heterocycles. The Kier molecular flexibility index (Phi) is 3.57. The van der Waals surface area contributed by atoms with E-state index in [0.717, 1.165) is 29.2 Å². The van der Waals surface area contributed by atoms with Crippen LogP contribution in [0.2, 0.25) is 5.02 Å². The molecule has 0 aliphatic carbocycles. The van der Waals surface area contributed by atoms with E-state index in [4.69, 9.17) is 17.3 Å². The molecule has 0 radical (unpaired) electrons. The van der Waals surface area contributed by atoms with Crippen molar-refractivity contribution in [1.29, 1.82) is 0 Å². The van der Waals surface area contributed by atoms with E-state index in [1.165, 1.54) is 24.9 Å². The summed E-state index contributed by atoms with van der Waals surface area (Å²) in [6, 6.07) is 6.02. The summed E-state index contributed by atoms with van der Waals surface area (Å²) in [5.41, 5.74) is 9.35. The summed E-state index contributed by atoms with van der Waals surface area (Å²) in [7, 11) is 1.85. The van der Waals surface area contributed by atoms with Crippen LogP contribution in [0.5, 0.6) is 0 Å². The Hall–Kier alpha value is -1.68. The maximum absolute atomic E-state index is 6.18. The van der Waals surface area contributed by atoms with E-state index in [0.29, 0.717) is 5.82 Å². The second-order valence-corrected chi connectivity index (χ2v) is 5.71. The molecule has 1 fully saturated rings. The topological polar surface area (TPSA) is 47.1 Å². The average Bonchev–Trinajstić information content (AvgIpc) is 2.80. The fourth-order valence-corrected chi connectivity index (χ4v) is 2.96. The van der Waals surface area contributed by atoms with Crippen molar-refractivity contribution in [1.82, 2.24) is 9.78 Å². The number of benzene rings is 1. The molecule has 1 aliphatic rings. The van der Waals surface area contributed by atoms with Gasteiger partial charge in [-0.2, -0.15) is 5.10 Å². The van der Waals surface area contributed by atoms with Crippen LogP contribution in [0.25, 0.3) is 11.1 Å². The Bertz CT molecular complexity index is 614. The van der Waals surface area contributed by atoms with Crippen LogP contribution in [0.3, 0.4) is 0 Å². The third-order valence-electron chi connectivity index (χ3n) is 3.93. The predicted molar refractivity (Wildman–Crippen MR) is 84.1 cm³/mol. The standard InChI is InChI=1S/C15H19ClN4/c1-19-15(17)13(10-18-19)12-9-11(16)5-6-14(12)20-7-3-2-4-8-20/h5-6,9-10H,2-4,7-8,17H2,1H3. The maximum atomic E-state index is 6.18. The molecule has 3 rings (SSSR count). The SMILES string of the molecule is Cn1ncc(-c2cc(Cl)ccc2N2CCCCC2)c1N. The Morgan fingerprint density at radius 2 is 1.90 bits per heavy atom. The maximum Gasteiger partial charge on any atom is 0.129 e. The summed E-state index contributed by atoms with van der Waals surface area (Å²) < 4.78 is 1.69. The number of piperidine rings is 1. The highest BCUT2D eigenvalue weighted by Gasteiger charge is 2.18. The molecule has 106 valence electrons. The van der Waals surface area contributed by atoms with Crippen molar-refractivity contribution in [2.75, 3.05) is 23.7 Å². The van der Waals surface area contributed by atoms with E-state index < -0.39 is 0 Å². The van der Waals surface area contributed by atoms with Gasteiger partial charge in [-0.05, 0) is 37.5 Å². The molecule has 1 saturated heterocycles. The first kappa shape index (κ1) is 13.3. The lowest BCUT2D eigenvalue weighted by Crippen LogP contribution is -2.29. The van der Waals surface area contributed by atoms with Crippen molar-refractivity contribution in [2.45, 2.75) is 19.3 Å². The molecule has 0 bridgehead atoms. The highest BCUT2D eigenvalue weighted by Crippen LogP contribution is 2.37. The minimum atomic E-state index is 0.672. The number of hydrogen-bond acceptors (Lipinski definition) is 3. The van der Waals surface area contributed by atoms with E-state index in [1.807, 2.05) is 25.4 Å². The van der Waals surface area contributed by atoms with Crippen LogP contribution < -0.4 is 10.6 Å². The van der Waals surface area contributed by atoms with Crippen LogP contribution in [0.4, 0.5) is 11.5 Å². The first-order valence-corrected chi connectivity index (χ1v) is 7.37. The van der Waals surface area contributed by atoms with Crippen LogP contribution >= 0.6 is 11.6 Å². The third kappa shape index (κ3) is 2.36. The van der Waals surface area contributed by atoms with Gasteiger partial charge >= 0.3 is 0 Å². The molecular formula is C15H19ClN4. The number of nitrogen functional groups attached to an aromatic ring is 1. The normalized spacial score (nSPS) is 15.6. The number of hydrogen-bond donors (Lipinski definition) is 1. The zero-order valence-corrected chi connectivity index (χ0v) is 12.4. The lowest BCUT2D eigenvalue weighted by Gasteiger charge is -2.30. The van der Waals surface area contributed by atoms with Gasteiger partial charge in [-0.1, -0.05) is 11.6 Å². The summed E-state index contributed by atoms with van der Waals surface area (Å²) in [6.07, 6.45) is 5.61. The van der Waals surface area contributed by atoms with Gasteiger partial charge in [0.2, 0.25) is 0 Å². The van der Waals surface area contributed by atoms with Gasteiger partial charge in [-0.25, -0.2) is 0 Å². The fourth-order valence-electron chi connectivity index (χ4n) is 2.79. The summed E-state index contributed by atoms with van der Waals surface area (Å²) in [5, 5.41) is 4.96. The smallest absolute Gasteiger partial charge is 0.129 e. The number of anilines is 2. The summed E-state index contributed by atoms with van der Waals surface area (Å²) >= 11 is 6.18. The number of rotatable bonds is 2. The minimum absolute atomic E-state index is 0.672. The van der Waals surface area contributed by atoms with Crippen LogP contribution in [-0.2, 0) is 7.05 Å². The molecule has 0 amide bonds. The van der Waals surface area contributed by atoms with E-state index in [9.17, 15) is 0 Å². The van der Waals surface area contributed by atoms with E-state index >= 15 is 0 Å². The fraction of sp³-hybridized carbons (Fsp3) is 0.400. The van der Waals surface area contributed by atoms with Gasteiger partial charge in [0.25, 0.3) is 0 Å². The first-order chi connectivity index (χ1) is 9.66. The molecule has 2 N–H and O–H groups in total. The monoisotopic (exact) mass is 290 g/mol. The minimum Gasteiger partial charge on any atom is -0.383 e. The largest absolute Gasteiger partial charge is 0.383 e. The molecule has 5 heteroatoms. The summed E-state index contributed by atoms with van der Waals surface area (Å²) in [4.78, 5) is 2.42. The van der Waals surface area contributed by atoms with Crippen molar-refractivity contribution in [3.8, 4) is 11.1 Å². The molecule has 20 heavy (non-hydrogen) atoms. The van der Waals surface area contributed by atoms with Gasteiger partial charge in [-0.3, -0.25) is 4.68 Å². The summed E-state index contributed by atoms with van der Waals surface area (Å²) in [6.45, 7) is 2.18. The quantitative estimate of drug-likeness (QED) is 0.923. The summed E-state index contributed by atoms with van der Waals surface area (Å²) in [5.74, 6) is 0.672. The third-order valence-corrected chi connectivity index (χ3v) is 4.17. The van der Waals surface area contributed by atoms with E-state index in [-0.39, 0.29) is 0 Å². The molecule has 0 spiro atoms. The molecule has 4 nitrogen and oxygen atoms in total. The van der Waals surface area contributed by atoms with Crippen LogP contribution in [0, 0.1) is 0 Å². The Balaban J connectivity index is 2.08. The number of nitrogens with zero attached hydrogens (tertiary/aromatic N) is 3. The van der Waals surface area contributed by atoms with Crippen molar-refractivity contribution in [3.63, 3.8) is 0 Å². The van der Waals surface area contributed by atoms with Gasteiger partial charge in [0.1, 0.15) is 5.82 Å². The molecule has 0 unspecified atom stereocenters. The Morgan fingerprint density at radius 3 is 2.55 bits per heavy atom. The van der Waals surface area contributed by atoms with Gasteiger partial charge in [0.05, 0.1) is 6.20 Å². The molecule has 2 aromatic rings. The lowest BCUT2D eigenvalue weighted by molar-refractivity contribution is 0.578. The van der Waals surface area contributed by atoms with E-state index in [1.54, 1.807) is 4.68 Å². The molecule has 1 aromatic heterocycles. The van der Waals surface area contributed by atoms with Crippen LogP contribution in [0.1, 0.15) is 19.3 Å². The van der Waals surface area contributed by atoms with Gasteiger partial charge < -0.3 is 10.6 Å². The zero-order chi connectivity index (χ0) is 14.1. The second-order valence-electron chi connectivity index (χ2n) is 5.28. The molecule has 2 heterocycles. The van der Waals surface area contributed by atoms with Crippen molar-refractivity contribution < 1.29 is 0 Å². The molecular weight excluding hydrogens is 272 g/mol. The lowest BCUT2D eigenvalue weighted by atomic mass is 10.0. The van der Waals surface area contributed by atoms with Gasteiger partial charge in [0.15, 0.2) is 0 Å². The highest BCUT2D eigenvalue weighted by molar-refractivity contribution is 6.31. The van der Waals surface area contributed by atoms with Gasteiger partial charge in [0, 0.05) is 42.0 Å². The highest BCUT2D eigenvalue weighted by atomic mass is 35.5. The molecule has 1 aromatic carbocycles.